The van der Waals surface area contributed by atoms with Crippen LogP contribution in [0.15, 0.2) is 5.03 Å². The Morgan fingerprint density at radius 3 is 2.58 bits per heavy atom. The minimum Gasteiger partial charge on any atom is -0.349 e. The van der Waals surface area contributed by atoms with Gasteiger partial charge in [-0.05, 0) is 45.2 Å². The van der Waals surface area contributed by atoms with Crippen LogP contribution in [0.25, 0.3) is 0 Å². The van der Waals surface area contributed by atoms with E-state index in [0.717, 1.165) is 16.8 Å². The molecule has 0 radical (unpaired) electrons. The zero-order valence-electron chi connectivity index (χ0n) is 14.3. The van der Waals surface area contributed by atoms with Gasteiger partial charge in [-0.25, -0.2) is 13.4 Å². The Hall–Kier alpha value is -1.59. The van der Waals surface area contributed by atoms with Gasteiger partial charge in [0, 0.05) is 5.69 Å². The molecule has 0 spiro atoms. The first-order valence-electron chi connectivity index (χ1n) is 7.59. The topological polar surface area (TPSA) is 99.9 Å². The summed E-state index contributed by atoms with van der Waals surface area (Å²) in [6.45, 7) is 7.41. The number of nitriles is 1. The van der Waals surface area contributed by atoms with Crippen LogP contribution in [0.3, 0.4) is 0 Å². The molecule has 6 nitrogen and oxygen atoms in total. The molecule has 1 unspecified atom stereocenters. The lowest BCUT2D eigenvalue weighted by atomic mass is 10.0. The van der Waals surface area contributed by atoms with Gasteiger partial charge in [0.05, 0.1) is 28.4 Å². The van der Waals surface area contributed by atoms with E-state index in [9.17, 15) is 18.5 Å². The van der Waals surface area contributed by atoms with Crippen molar-refractivity contribution in [2.45, 2.75) is 44.7 Å². The van der Waals surface area contributed by atoms with E-state index in [1.165, 1.54) is 11.8 Å². The second kappa shape index (κ2) is 6.73. The van der Waals surface area contributed by atoms with Gasteiger partial charge in [-0.2, -0.15) is 5.26 Å². The highest BCUT2D eigenvalue weighted by Gasteiger charge is 2.39. The van der Waals surface area contributed by atoms with Crippen LogP contribution in [0.1, 0.15) is 35.7 Å². The number of pyridine rings is 1. The molecule has 1 aliphatic rings. The number of aryl methyl sites for hydroxylation is 1. The van der Waals surface area contributed by atoms with Gasteiger partial charge in [-0.3, -0.25) is 4.79 Å². The van der Waals surface area contributed by atoms with Crippen LogP contribution >= 0.6 is 11.8 Å². The van der Waals surface area contributed by atoms with E-state index in [2.05, 4.69) is 16.4 Å². The molecule has 1 saturated heterocycles. The fourth-order valence-electron chi connectivity index (χ4n) is 2.76. The molecule has 0 saturated carbocycles. The maximum atomic E-state index is 12.2. The molecule has 1 amide bonds. The summed E-state index contributed by atoms with van der Waals surface area (Å²) in [5.41, 5.74) is 2.47. The number of sulfone groups is 1. The zero-order valence-corrected chi connectivity index (χ0v) is 15.9. The highest BCUT2D eigenvalue weighted by molar-refractivity contribution is 8.00. The van der Waals surface area contributed by atoms with Crippen molar-refractivity contribution < 1.29 is 13.2 Å². The minimum atomic E-state index is -3.07. The first-order valence-corrected chi connectivity index (χ1v) is 10.4. The fourth-order valence-corrected chi connectivity index (χ4v) is 5.74. The van der Waals surface area contributed by atoms with Crippen molar-refractivity contribution >= 4 is 27.5 Å². The molecule has 2 rings (SSSR count). The van der Waals surface area contributed by atoms with Crippen LogP contribution in [0.4, 0.5) is 0 Å². The number of hydrogen-bond donors (Lipinski definition) is 1. The molecular formula is C16H21N3O3S2. The van der Waals surface area contributed by atoms with Gasteiger partial charge in [-0.1, -0.05) is 11.8 Å². The van der Waals surface area contributed by atoms with Crippen molar-refractivity contribution in [1.29, 1.82) is 5.26 Å². The summed E-state index contributed by atoms with van der Waals surface area (Å²) in [6.07, 6.45) is 0.427. The van der Waals surface area contributed by atoms with Crippen molar-refractivity contribution in [3.8, 4) is 6.07 Å². The lowest BCUT2D eigenvalue weighted by Crippen LogP contribution is -2.47. The third-order valence-electron chi connectivity index (χ3n) is 4.36. The summed E-state index contributed by atoms with van der Waals surface area (Å²) >= 11 is 1.20. The Kier molecular flexibility index (Phi) is 5.25. The highest BCUT2D eigenvalue weighted by Crippen LogP contribution is 2.27. The van der Waals surface area contributed by atoms with Gasteiger partial charge in [0.25, 0.3) is 0 Å². The Bertz CT molecular complexity index is 828. The average Bonchev–Trinajstić information content (AvgIpc) is 2.76. The number of amides is 1. The molecule has 24 heavy (non-hydrogen) atoms. The number of rotatable bonds is 4. The fraction of sp³-hybridized carbons (Fsp3) is 0.562. The number of nitrogens with one attached hydrogen (secondary N) is 1. The number of hydrogen-bond acceptors (Lipinski definition) is 6. The van der Waals surface area contributed by atoms with Gasteiger partial charge in [-0.15, -0.1) is 0 Å². The summed E-state index contributed by atoms with van der Waals surface area (Å²) in [4.78, 5) is 16.6. The Morgan fingerprint density at radius 1 is 1.38 bits per heavy atom. The maximum absolute atomic E-state index is 12.2. The molecule has 130 valence electrons. The van der Waals surface area contributed by atoms with Gasteiger partial charge in [0.1, 0.15) is 11.1 Å². The molecule has 2 heterocycles. The van der Waals surface area contributed by atoms with Crippen LogP contribution in [-0.4, -0.2) is 42.1 Å². The van der Waals surface area contributed by atoms with Gasteiger partial charge in [0.2, 0.25) is 5.91 Å². The molecule has 8 heteroatoms. The Labute approximate surface area is 147 Å². The number of nitrogens with zero attached hydrogens (tertiary/aromatic N) is 2. The predicted octanol–water partition coefficient (Wildman–Crippen LogP) is 1.66. The standard InChI is InChI=1S/C16H21N3O3S2/c1-10-11(2)13(7-17)15(18-12(10)3)23-8-14(20)19-16(4)5-6-24(21,22)9-16/h5-6,8-9H2,1-4H3,(H,19,20). The van der Waals surface area contributed by atoms with Crippen molar-refractivity contribution in [1.82, 2.24) is 10.3 Å². The van der Waals surface area contributed by atoms with Crippen molar-refractivity contribution in [2.75, 3.05) is 17.3 Å². The van der Waals surface area contributed by atoms with E-state index in [4.69, 9.17) is 0 Å². The van der Waals surface area contributed by atoms with Crippen molar-refractivity contribution in [2.24, 2.45) is 0 Å². The second-order valence-electron chi connectivity index (χ2n) is 6.48. The largest absolute Gasteiger partial charge is 0.349 e. The molecule has 1 aromatic heterocycles. The predicted molar refractivity (Wildman–Crippen MR) is 93.7 cm³/mol. The summed E-state index contributed by atoms with van der Waals surface area (Å²) < 4.78 is 23.2. The molecule has 1 aromatic rings. The number of carbonyl (C=O) groups is 1. The van der Waals surface area contributed by atoms with Crippen LogP contribution < -0.4 is 5.32 Å². The molecule has 0 bridgehead atoms. The first-order chi connectivity index (χ1) is 11.1. The quantitative estimate of drug-likeness (QED) is 0.813. The van der Waals surface area contributed by atoms with Gasteiger partial charge >= 0.3 is 0 Å². The van der Waals surface area contributed by atoms with E-state index in [1.807, 2.05) is 20.8 Å². The van der Waals surface area contributed by atoms with E-state index in [-0.39, 0.29) is 23.2 Å². The molecule has 1 aliphatic heterocycles. The minimum absolute atomic E-state index is 0.0269. The molecule has 0 aliphatic carbocycles. The van der Waals surface area contributed by atoms with Crippen LogP contribution in [0.5, 0.6) is 0 Å². The highest BCUT2D eigenvalue weighted by atomic mass is 32.2. The van der Waals surface area contributed by atoms with E-state index < -0.39 is 15.4 Å². The van der Waals surface area contributed by atoms with Crippen LogP contribution in [0.2, 0.25) is 0 Å². The number of aromatic nitrogens is 1. The first kappa shape index (κ1) is 18.7. The molecule has 1 atom stereocenters. The van der Waals surface area contributed by atoms with Crippen LogP contribution in [0, 0.1) is 32.1 Å². The van der Waals surface area contributed by atoms with Crippen molar-refractivity contribution in [3.05, 3.63) is 22.4 Å². The average molecular weight is 367 g/mol. The summed E-state index contributed by atoms with van der Waals surface area (Å²) in [7, 11) is -3.07. The molecular weight excluding hydrogens is 346 g/mol. The molecule has 0 aromatic carbocycles. The smallest absolute Gasteiger partial charge is 0.230 e. The lowest BCUT2D eigenvalue weighted by molar-refractivity contribution is -0.120. The van der Waals surface area contributed by atoms with Crippen LogP contribution in [-0.2, 0) is 14.6 Å². The van der Waals surface area contributed by atoms with E-state index in [1.54, 1.807) is 6.92 Å². The Morgan fingerprint density at radius 2 is 2.04 bits per heavy atom. The second-order valence-corrected chi connectivity index (χ2v) is 9.63. The maximum Gasteiger partial charge on any atom is 0.230 e. The zero-order chi connectivity index (χ0) is 18.1. The monoisotopic (exact) mass is 367 g/mol. The number of thioether (sulfide) groups is 1. The lowest BCUT2D eigenvalue weighted by Gasteiger charge is -2.23. The van der Waals surface area contributed by atoms with E-state index >= 15 is 0 Å². The molecule has 1 N–H and O–H groups in total. The third kappa shape index (κ3) is 4.08. The van der Waals surface area contributed by atoms with Crippen molar-refractivity contribution in [3.63, 3.8) is 0 Å². The van der Waals surface area contributed by atoms with E-state index in [0.29, 0.717) is 17.0 Å². The summed E-state index contributed by atoms with van der Waals surface area (Å²) in [6, 6.07) is 2.15. The summed E-state index contributed by atoms with van der Waals surface area (Å²) in [5, 5.41) is 12.7. The SMILES string of the molecule is Cc1nc(SCC(=O)NC2(C)CCS(=O)(=O)C2)c(C#N)c(C)c1C. The van der Waals surface area contributed by atoms with Gasteiger partial charge in [0.15, 0.2) is 9.84 Å². The third-order valence-corrected chi connectivity index (χ3v) is 7.24. The Balaban J connectivity index is 2.07. The number of carbonyl (C=O) groups excluding carboxylic acids is 1. The van der Waals surface area contributed by atoms with Gasteiger partial charge < -0.3 is 5.32 Å². The normalized spacial score (nSPS) is 22.1. The summed E-state index contributed by atoms with van der Waals surface area (Å²) in [5.74, 6) is -0.0748. The molecule has 1 fully saturated rings.